The van der Waals surface area contributed by atoms with Crippen molar-refractivity contribution in [3.63, 3.8) is 0 Å². The lowest BCUT2D eigenvalue weighted by Gasteiger charge is -2.03. The predicted molar refractivity (Wildman–Crippen MR) is 66.9 cm³/mol. The maximum absolute atomic E-state index is 11.6. The third-order valence-corrected chi connectivity index (χ3v) is 2.55. The molecule has 0 fully saturated rings. The Morgan fingerprint density at radius 2 is 1.47 bits per heavy atom. The molecule has 2 nitrogen and oxygen atoms in total. The first-order valence-corrected chi connectivity index (χ1v) is 5.39. The molecule has 0 bridgehead atoms. The summed E-state index contributed by atoms with van der Waals surface area (Å²) < 4.78 is 0. The van der Waals surface area contributed by atoms with Crippen LogP contribution in [0.2, 0.25) is 0 Å². The summed E-state index contributed by atoms with van der Waals surface area (Å²) in [5.41, 5.74) is 2.42. The molecular formula is C15H12O2. The van der Waals surface area contributed by atoms with Crippen LogP contribution in [0.15, 0.2) is 54.6 Å². The number of carbonyl (C=O) groups excluding carboxylic acids is 2. The fourth-order valence-corrected chi connectivity index (χ4v) is 1.67. The molecule has 0 aromatic heterocycles. The van der Waals surface area contributed by atoms with Gasteiger partial charge in [0.05, 0.1) is 0 Å². The molecule has 2 aromatic rings. The number of Topliss-reactive ketones (excluding diaryl/α,β-unsaturated/α-hetero) is 2. The van der Waals surface area contributed by atoms with Gasteiger partial charge in [0.15, 0.2) is 5.78 Å². The number of ketones is 2. The zero-order chi connectivity index (χ0) is 12.3. The Balaban J connectivity index is 2.42. The van der Waals surface area contributed by atoms with Crippen LogP contribution in [0, 0.1) is 0 Å². The summed E-state index contributed by atoms with van der Waals surface area (Å²) in [6.07, 6.45) is 0. The minimum atomic E-state index is -0.442. The summed E-state index contributed by atoms with van der Waals surface area (Å²) in [6, 6.07) is 16.9. The van der Waals surface area contributed by atoms with Gasteiger partial charge in [-0.15, -0.1) is 0 Å². The molecule has 0 saturated heterocycles. The smallest absolute Gasteiger partial charge is 0.228 e. The lowest BCUT2D eigenvalue weighted by Crippen LogP contribution is -2.09. The van der Waals surface area contributed by atoms with Crippen LogP contribution in [0.5, 0.6) is 0 Å². The van der Waals surface area contributed by atoms with Crippen molar-refractivity contribution in [1.82, 2.24) is 0 Å². The molecule has 2 aromatic carbocycles. The molecule has 2 heteroatoms. The number of hydrogen-bond acceptors (Lipinski definition) is 2. The molecule has 0 aliphatic heterocycles. The van der Waals surface area contributed by atoms with E-state index in [2.05, 4.69) is 0 Å². The largest absolute Gasteiger partial charge is 0.291 e. The molecule has 0 unspecified atom stereocenters. The van der Waals surface area contributed by atoms with Crippen molar-refractivity contribution < 1.29 is 9.59 Å². The maximum atomic E-state index is 11.6. The van der Waals surface area contributed by atoms with Gasteiger partial charge in [-0.1, -0.05) is 48.5 Å². The second-order valence-electron chi connectivity index (χ2n) is 3.83. The lowest BCUT2D eigenvalue weighted by molar-refractivity contribution is -0.113. The van der Waals surface area contributed by atoms with E-state index >= 15 is 0 Å². The number of carbonyl (C=O) groups is 2. The molecule has 0 atom stereocenters. The van der Waals surface area contributed by atoms with Gasteiger partial charge in [0, 0.05) is 12.5 Å². The Hall–Kier alpha value is -2.22. The van der Waals surface area contributed by atoms with Gasteiger partial charge in [-0.3, -0.25) is 9.59 Å². The Morgan fingerprint density at radius 3 is 2.12 bits per heavy atom. The van der Waals surface area contributed by atoms with E-state index in [-0.39, 0.29) is 0 Å². The number of hydrogen-bond donors (Lipinski definition) is 0. The van der Waals surface area contributed by atoms with Gasteiger partial charge < -0.3 is 0 Å². The van der Waals surface area contributed by atoms with Crippen molar-refractivity contribution in [3.05, 3.63) is 60.2 Å². The third-order valence-electron chi connectivity index (χ3n) is 2.55. The zero-order valence-corrected chi connectivity index (χ0v) is 9.51. The maximum Gasteiger partial charge on any atom is 0.228 e. The van der Waals surface area contributed by atoms with Gasteiger partial charge in [-0.05, 0) is 17.2 Å². The minimum Gasteiger partial charge on any atom is -0.291 e. The first kappa shape index (κ1) is 11.3. The van der Waals surface area contributed by atoms with Crippen LogP contribution >= 0.6 is 0 Å². The molecule has 0 aliphatic carbocycles. The Labute approximate surface area is 99.9 Å². The summed E-state index contributed by atoms with van der Waals surface area (Å²) in [5.74, 6) is -0.877. The van der Waals surface area contributed by atoms with Gasteiger partial charge in [-0.25, -0.2) is 0 Å². The topological polar surface area (TPSA) is 34.1 Å². The van der Waals surface area contributed by atoms with E-state index < -0.39 is 11.6 Å². The van der Waals surface area contributed by atoms with E-state index in [1.807, 2.05) is 36.4 Å². The summed E-state index contributed by atoms with van der Waals surface area (Å²) >= 11 is 0. The second kappa shape index (κ2) is 4.74. The van der Waals surface area contributed by atoms with Gasteiger partial charge in [0.25, 0.3) is 0 Å². The van der Waals surface area contributed by atoms with Crippen LogP contribution < -0.4 is 0 Å². The average Bonchev–Trinajstić information content (AvgIpc) is 2.39. The second-order valence-corrected chi connectivity index (χ2v) is 3.83. The van der Waals surface area contributed by atoms with E-state index in [9.17, 15) is 9.59 Å². The zero-order valence-electron chi connectivity index (χ0n) is 9.51. The van der Waals surface area contributed by atoms with Crippen molar-refractivity contribution in [2.45, 2.75) is 6.92 Å². The van der Waals surface area contributed by atoms with Crippen LogP contribution in [-0.2, 0) is 4.79 Å². The van der Waals surface area contributed by atoms with Crippen LogP contribution in [0.4, 0.5) is 0 Å². The average molecular weight is 224 g/mol. The highest BCUT2D eigenvalue weighted by atomic mass is 16.2. The van der Waals surface area contributed by atoms with Crippen LogP contribution in [0.3, 0.4) is 0 Å². The Morgan fingerprint density at radius 1 is 0.824 bits per heavy atom. The minimum absolute atomic E-state index is 0.435. The molecular weight excluding hydrogens is 212 g/mol. The molecule has 2 rings (SSSR count). The van der Waals surface area contributed by atoms with Crippen molar-refractivity contribution in [3.8, 4) is 11.1 Å². The van der Waals surface area contributed by atoms with E-state index in [0.29, 0.717) is 5.56 Å². The van der Waals surface area contributed by atoms with Gasteiger partial charge in [0.2, 0.25) is 5.78 Å². The molecule has 0 aliphatic rings. The summed E-state index contributed by atoms with van der Waals surface area (Å²) in [6.45, 7) is 1.29. The molecule has 0 radical (unpaired) electrons. The monoisotopic (exact) mass is 224 g/mol. The van der Waals surface area contributed by atoms with Crippen molar-refractivity contribution in [1.29, 1.82) is 0 Å². The number of benzene rings is 2. The van der Waals surface area contributed by atoms with Crippen LogP contribution in [-0.4, -0.2) is 11.6 Å². The summed E-state index contributed by atoms with van der Waals surface area (Å²) in [5, 5.41) is 0. The molecule has 0 N–H and O–H groups in total. The first-order chi connectivity index (χ1) is 8.18. The standard InChI is InChI=1S/C15H12O2/c1-11(16)15(17)14-9-5-8-13(10-14)12-6-3-2-4-7-12/h2-10H,1H3. The lowest BCUT2D eigenvalue weighted by atomic mass is 10.0. The van der Waals surface area contributed by atoms with E-state index in [1.165, 1.54) is 6.92 Å². The van der Waals surface area contributed by atoms with Gasteiger partial charge >= 0.3 is 0 Å². The van der Waals surface area contributed by atoms with Gasteiger partial charge in [0.1, 0.15) is 0 Å². The van der Waals surface area contributed by atoms with Crippen molar-refractivity contribution >= 4 is 11.6 Å². The summed E-state index contributed by atoms with van der Waals surface area (Å²) in [4.78, 5) is 22.6. The Bertz CT molecular complexity index is 556. The van der Waals surface area contributed by atoms with Crippen LogP contribution in [0.25, 0.3) is 11.1 Å². The highest BCUT2D eigenvalue weighted by Crippen LogP contribution is 2.20. The van der Waals surface area contributed by atoms with E-state index in [4.69, 9.17) is 0 Å². The SMILES string of the molecule is CC(=O)C(=O)c1cccc(-c2ccccc2)c1. The fourth-order valence-electron chi connectivity index (χ4n) is 1.67. The number of rotatable bonds is 3. The molecule has 0 spiro atoms. The van der Waals surface area contributed by atoms with Gasteiger partial charge in [-0.2, -0.15) is 0 Å². The highest BCUT2D eigenvalue weighted by molar-refractivity contribution is 6.43. The van der Waals surface area contributed by atoms with E-state index in [0.717, 1.165) is 11.1 Å². The molecule has 0 heterocycles. The normalized spacial score (nSPS) is 9.94. The summed E-state index contributed by atoms with van der Waals surface area (Å²) in [7, 11) is 0. The molecule has 84 valence electrons. The van der Waals surface area contributed by atoms with E-state index in [1.54, 1.807) is 18.2 Å². The van der Waals surface area contributed by atoms with Crippen molar-refractivity contribution in [2.75, 3.05) is 0 Å². The molecule has 0 amide bonds. The predicted octanol–water partition coefficient (Wildman–Crippen LogP) is 3.13. The Kier molecular flexibility index (Phi) is 3.15. The quantitative estimate of drug-likeness (QED) is 0.593. The fraction of sp³-hybridized carbons (Fsp3) is 0.0667. The highest BCUT2D eigenvalue weighted by Gasteiger charge is 2.11. The molecule has 17 heavy (non-hydrogen) atoms. The first-order valence-electron chi connectivity index (χ1n) is 5.39. The van der Waals surface area contributed by atoms with Crippen LogP contribution in [0.1, 0.15) is 17.3 Å². The third kappa shape index (κ3) is 2.48. The molecule has 0 saturated carbocycles. The van der Waals surface area contributed by atoms with Crippen molar-refractivity contribution in [2.24, 2.45) is 0 Å².